The normalized spacial score (nSPS) is 14.6. The maximum Gasteiger partial charge on any atom is 0.257 e. The van der Waals surface area contributed by atoms with E-state index in [-0.39, 0.29) is 15.9 Å². The molecule has 1 amide bonds. The number of ether oxygens (including phenoxy) is 1. The van der Waals surface area contributed by atoms with Crippen molar-refractivity contribution in [3.8, 4) is 5.75 Å². The van der Waals surface area contributed by atoms with Crippen molar-refractivity contribution in [2.45, 2.75) is 63.2 Å². The van der Waals surface area contributed by atoms with Gasteiger partial charge in [0.25, 0.3) is 5.91 Å². The molecule has 10 heteroatoms. The highest BCUT2D eigenvalue weighted by atomic mass is 79.9. The van der Waals surface area contributed by atoms with Crippen molar-refractivity contribution in [2.75, 3.05) is 25.0 Å². The molecule has 1 saturated heterocycles. The Morgan fingerprint density at radius 1 is 1.03 bits per heavy atom. The van der Waals surface area contributed by atoms with Gasteiger partial charge >= 0.3 is 0 Å². The molecule has 36 heavy (non-hydrogen) atoms. The van der Waals surface area contributed by atoms with Crippen LogP contribution < -0.4 is 15.4 Å². The molecule has 0 atom stereocenters. The van der Waals surface area contributed by atoms with Crippen LogP contribution in [0.4, 0.5) is 5.69 Å². The summed E-state index contributed by atoms with van der Waals surface area (Å²) in [6, 6.07) is 11.6. The Hall–Kier alpha value is -2.01. The Morgan fingerprint density at radius 2 is 1.72 bits per heavy atom. The third-order valence-electron chi connectivity index (χ3n) is 5.99. The molecule has 7 nitrogen and oxygen atoms in total. The van der Waals surface area contributed by atoms with E-state index in [0.717, 1.165) is 38.5 Å². The molecule has 1 aliphatic rings. The van der Waals surface area contributed by atoms with Crippen LogP contribution in [0.1, 0.15) is 68.6 Å². The number of anilines is 1. The fraction of sp³-hybridized carbons (Fsp3) is 0.462. The standard InChI is InChI=1S/C26H34BrN3O4S2/c1-2-3-4-9-18-34-24-15-10-20(19-23(24)27)25(31)29-26(35)28-21-11-13-22(14-12-21)36(32,33)30-16-7-5-6-8-17-30/h10-15,19H,2-9,16-18H2,1H3,(H2,28,29,31,35). The maximum atomic E-state index is 12.9. The number of amides is 1. The largest absolute Gasteiger partial charge is 0.492 e. The van der Waals surface area contributed by atoms with E-state index >= 15 is 0 Å². The van der Waals surface area contributed by atoms with E-state index in [9.17, 15) is 13.2 Å². The first kappa shape index (κ1) is 28.6. The summed E-state index contributed by atoms with van der Waals surface area (Å²) in [5.41, 5.74) is 1.02. The maximum absolute atomic E-state index is 12.9. The summed E-state index contributed by atoms with van der Waals surface area (Å²) in [7, 11) is -3.52. The van der Waals surface area contributed by atoms with Gasteiger partial charge < -0.3 is 10.1 Å². The fourth-order valence-electron chi connectivity index (χ4n) is 3.95. The summed E-state index contributed by atoms with van der Waals surface area (Å²) in [4.78, 5) is 12.9. The van der Waals surface area contributed by atoms with Gasteiger partial charge in [-0.1, -0.05) is 39.0 Å². The summed E-state index contributed by atoms with van der Waals surface area (Å²) in [5.74, 6) is 0.335. The lowest BCUT2D eigenvalue weighted by molar-refractivity contribution is 0.0977. The van der Waals surface area contributed by atoms with E-state index in [2.05, 4.69) is 33.5 Å². The first-order valence-corrected chi connectivity index (χ1v) is 15.1. The van der Waals surface area contributed by atoms with Crippen molar-refractivity contribution in [3.63, 3.8) is 0 Å². The van der Waals surface area contributed by atoms with Gasteiger partial charge in [0.15, 0.2) is 5.11 Å². The molecule has 3 rings (SSSR count). The number of halogens is 1. The molecule has 0 aliphatic carbocycles. The van der Waals surface area contributed by atoms with Crippen LogP contribution in [0.2, 0.25) is 0 Å². The Morgan fingerprint density at radius 3 is 2.36 bits per heavy atom. The monoisotopic (exact) mass is 595 g/mol. The number of thiocarbonyl (C=S) groups is 1. The van der Waals surface area contributed by atoms with Crippen molar-refractivity contribution in [2.24, 2.45) is 0 Å². The lowest BCUT2D eigenvalue weighted by Gasteiger charge is -2.20. The Balaban J connectivity index is 1.53. The first-order chi connectivity index (χ1) is 17.3. The van der Waals surface area contributed by atoms with Gasteiger partial charge in [0.1, 0.15) is 5.75 Å². The van der Waals surface area contributed by atoms with Crippen molar-refractivity contribution < 1.29 is 17.9 Å². The van der Waals surface area contributed by atoms with E-state index in [1.54, 1.807) is 46.8 Å². The topological polar surface area (TPSA) is 87.7 Å². The number of unbranched alkanes of at least 4 members (excludes halogenated alkanes) is 3. The lowest BCUT2D eigenvalue weighted by atomic mass is 10.2. The van der Waals surface area contributed by atoms with Crippen LogP contribution in [0.5, 0.6) is 5.75 Å². The zero-order valence-corrected chi connectivity index (χ0v) is 23.8. The van der Waals surface area contributed by atoms with Crippen LogP contribution in [0.25, 0.3) is 0 Å². The predicted molar refractivity (Wildman–Crippen MR) is 151 cm³/mol. The summed E-state index contributed by atoms with van der Waals surface area (Å²) < 4.78 is 33.9. The Kier molecular flexibility index (Phi) is 11.2. The van der Waals surface area contributed by atoms with E-state index in [1.165, 1.54) is 12.8 Å². The minimum atomic E-state index is -3.52. The molecule has 2 N–H and O–H groups in total. The van der Waals surface area contributed by atoms with Crippen LogP contribution in [-0.2, 0) is 10.0 Å². The highest BCUT2D eigenvalue weighted by molar-refractivity contribution is 9.10. The zero-order valence-electron chi connectivity index (χ0n) is 20.6. The molecule has 196 valence electrons. The smallest absolute Gasteiger partial charge is 0.257 e. The van der Waals surface area contributed by atoms with Crippen LogP contribution in [-0.4, -0.2) is 43.4 Å². The average molecular weight is 597 g/mol. The van der Waals surface area contributed by atoms with E-state index in [4.69, 9.17) is 17.0 Å². The van der Waals surface area contributed by atoms with Gasteiger partial charge in [-0.15, -0.1) is 0 Å². The second-order valence-electron chi connectivity index (χ2n) is 8.81. The molecule has 2 aromatic carbocycles. The lowest BCUT2D eigenvalue weighted by Crippen LogP contribution is -2.34. The molecule has 1 aliphatic heterocycles. The molecular weight excluding hydrogens is 562 g/mol. The van der Waals surface area contributed by atoms with Gasteiger partial charge in [-0.2, -0.15) is 4.31 Å². The molecule has 0 aromatic heterocycles. The summed E-state index contributed by atoms with van der Waals surface area (Å²) in [5, 5.41) is 5.71. The first-order valence-electron chi connectivity index (χ1n) is 12.5. The van der Waals surface area contributed by atoms with Crippen molar-refractivity contribution >= 4 is 54.9 Å². The number of rotatable bonds is 10. The van der Waals surface area contributed by atoms with Crippen molar-refractivity contribution in [1.82, 2.24) is 9.62 Å². The van der Waals surface area contributed by atoms with E-state index < -0.39 is 10.0 Å². The van der Waals surface area contributed by atoms with Crippen LogP contribution in [0, 0.1) is 0 Å². The second kappa shape index (κ2) is 14.1. The minimum Gasteiger partial charge on any atom is -0.492 e. The number of carbonyl (C=O) groups excluding carboxylic acids is 1. The fourth-order valence-corrected chi connectivity index (χ4v) is 6.17. The van der Waals surface area contributed by atoms with Gasteiger partial charge in [-0.25, -0.2) is 8.42 Å². The van der Waals surface area contributed by atoms with Crippen molar-refractivity contribution in [3.05, 3.63) is 52.5 Å². The molecular formula is C26H34BrN3O4S2. The molecule has 0 spiro atoms. The summed E-state index contributed by atoms with van der Waals surface area (Å²) >= 11 is 8.75. The van der Waals surface area contributed by atoms with Crippen LogP contribution in [0.3, 0.4) is 0 Å². The number of sulfonamides is 1. The number of hydrogen-bond acceptors (Lipinski definition) is 5. The summed E-state index contributed by atoms with van der Waals surface area (Å²) in [6.07, 6.45) is 8.40. The van der Waals surface area contributed by atoms with E-state index in [1.807, 2.05) is 0 Å². The molecule has 0 bridgehead atoms. The highest BCUT2D eigenvalue weighted by Crippen LogP contribution is 2.26. The van der Waals surface area contributed by atoms with E-state index in [0.29, 0.717) is 41.2 Å². The summed E-state index contributed by atoms with van der Waals surface area (Å²) in [6.45, 7) is 3.92. The Bertz CT molecular complexity index is 1130. The number of carbonyl (C=O) groups is 1. The quantitative estimate of drug-likeness (QED) is 0.255. The zero-order chi connectivity index (χ0) is 26.0. The number of benzene rings is 2. The Labute approximate surface area is 228 Å². The van der Waals surface area contributed by atoms with Crippen LogP contribution >= 0.6 is 28.1 Å². The van der Waals surface area contributed by atoms with Gasteiger partial charge in [0, 0.05) is 24.3 Å². The number of hydrogen-bond donors (Lipinski definition) is 2. The van der Waals surface area contributed by atoms with Gasteiger partial charge in [0.05, 0.1) is 16.0 Å². The number of nitrogens with zero attached hydrogens (tertiary/aromatic N) is 1. The molecule has 2 aromatic rings. The molecule has 0 unspecified atom stereocenters. The third-order valence-corrected chi connectivity index (χ3v) is 8.73. The molecule has 0 saturated carbocycles. The van der Waals surface area contributed by atoms with Gasteiger partial charge in [-0.05, 0) is 89.9 Å². The van der Waals surface area contributed by atoms with Crippen molar-refractivity contribution in [1.29, 1.82) is 0 Å². The third kappa shape index (κ3) is 8.26. The second-order valence-corrected chi connectivity index (χ2v) is 12.0. The molecule has 1 fully saturated rings. The van der Waals surface area contributed by atoms with Crippen LogP contribution in [0.15, 0.2) is 51.8 Å². The SMILES string of the molecule is CCCCCCOc1ccc(C(=O)NC(=S)Nc2ccc(S(=O)(=O)N3CCCCCC3)cc2)cc1Br. The molecule has 0 radical (unpaired) electrons. The predicted octanol–water partition coefficient (Wildman–Crippen LogP) is 6.10. The molecule has 1 heterocycles. The average Bonchev–Trinajstić information content (AvgIpc) is 3.15. The minimum absolute atomic E-state index is 0.121. The number of nitrogens with one attached hydrogen (secondary N) is 2. The van der Waals surface area contributed by atoms with Gasteiger partial charge in [0.2, 0.25) is 10.0 Å². The van der Waals surface area contributed by atoms with Gasteiger partial charge in [-0.3, -0.25) is 10.1 Å². The highest BCUT2D eigenvalue weighted by Gasteiger charge is 2.25.